The molecule has 0 heterocycles. The summed E-state index contributed by atoms with van der Waals surface area (Å²) in [7, 11) is 0. The largest absolute Gasteiger partial charge is 0.385 e. The third-order valence-electron chi connectivity index (χ3n) is 3.25. The molecule has 1 rings (SSSR count). The van der Waals surface area contributed by atoms with Gasteiger partial charge in [0.2, 0.25) is 0 Å². The highest BCUT2D eigenvalue weighted by Gasteiger charge is 2.23. The topological polar surface area (TPSA) is 20.2 Å². The minimum atomic E-state index is -1.16. The molecule has 1 aromatic rings. The molecule has 0 aliphatic heterocycles. The maximum atomic E-state index is 13.1. The van der Waals surface area contributed by atoms with Crippen LogP contribution in [0, 0.1) is 11.6 Å². The summed E-state index contributed by atoms with van der Waals surface area (Å²) in [6.07, 6.45) is 5.94. The van der Waals surface area contributed by atoms with E-state index in [1.165, 1.54) is 25.0 Å². The first-order valence-corrected chi connectivity index (χ1v) is 6.64. The van der Waals surface area contributed by atoms with Crippen LogP contribution in [0.1, 0.15) is 57.9 Å². The van der Waals surface area contributed by atoms with Crippen molar-refractivity contribution in [3.8, 4) is 0 Å². The normalized spacial score (nSPS) is 14.5. The fourth-order valence-electron chi connectivity index (χ4n) is 2.08. The Morgan fingerprint density at radius 3 is 2.11 bits per heavy atom. The van der Waals surface area contributed by atoms with E-state index in [9.17, 15) is 13.9 Å². The van der Waals surface area contributed by atoms with E-state index in [1.807, 2.05) is 0 Å². The van der Waals surface area contributed by atoms with Crippen molar-refractivity contribution in [2.45, 2.75) is 58.0 Å². The molecule has 1 nitrogen and oxygen atoms in total. The summed E-state index contributed by atoms with van der Waals surface area (Å²) in [6.45, 7) is 3.76. The van der Waals surface area contributed by atoms with Gasteiger partial charge in [0.25, 0.3) is 0 Å². The van der Waals surface area contributed by atoms with Gasteiger partial charge < -0.3 is 5.11 Å². The van der Waals surface area contributed by atoms with Gasteiger partial charge in [0.05, 0.1) is 5.60 Å². The summed E-state index contributed by atoms with van der Waals surface area (Å²) in [4.78, 5) is 0. The van der Waals surface area contributed by atoms with Crippen molar-refractivity contribution in [3.05, 3.63) is 35.4 Å². The summed E-state index contributed by atoms with van der Waals surface area (Å²) < 4.78 is 26.2. The number of rotatable bonds is 7. The van der Waals surface area contributed by atoms with Crippen molar-refractivity contribution in [2.75, 3.05) is 0 Å². The molecular formula is C15H22F2O. The lowest BCUT2D eigenvalue weighted by atomic mass is 9.90. The van der Waals surface area contributed by atoms with E-state index in [0.29, 0.717) is 12.0 Å². The van der Waals surface area contributed by atoms with Gasteiger partial charge in [-0.2, -0.15) is 0 Å². The summed E-state index contributed by atoms with van der Waals surface area (Å²) in [5, 5.41) is 10.3. The van der Waals surface area contributed by atoms with Gasteiger partial charge in [-0.1, -0.05) is 39.0 Å². The zero-order valence-corrected chi connectivity index (χ0v) is 11.2. The average Bonchev–Trinajstić information content (AvgIpc) is 2.27. The van der Waals surface area contributed by atoms with Crippen LogP contribution >= 0.6 is 0 Å². The Bertz CT molecular complexity index is 355. The minimum Gasteiger partial charge on any atom is -0.385 e. The predicted molar refractivity (Wildman–Crippen MR) is 69.3 cm³/mol. The van der Waals surface area contributed by atoms with Crippen LogP contribution in [0.5, 0.6) is 0 Å². The van der Waals surface area contributed by atoms with Crippen LogP contribution in [0.15, 0.2) is 18.2 Å². The first-order valence-electron chi connectivity index (χ1n) is 6.64. The number of hydrogen-bond donors (Lipinski definition) is 1. The van der Waals surface area contributed by atoms with Gasteiger partial charge in [0, 0.05) is 6.07 Å². The van der Waals surface area contributed by atoms with Crippen molar-refractivity contribution in [1.29, 1.82) is 0 Å². The summed E-state index contributed by atoms with van der Waals surface area (Å²) in [5.74, 6) is -1.28. The highest BCUT2D eigenvalue weighted by Crippen LogP contribution is 2.28. The number of benzene rings is 1. The molecule has 1 atom stereocenters. The fourth-order valence-corrected chi connectivity index (χ4v) is 2.08. The Kier molecular flexibility index (Phi) is 5.73. The van der Waals surface area contributed by atoms with Gasteiger partial charge in [-0.15, -0.1) is 0 Å². The lowest BCUT2D eigenvalue weighted by Crippen LogP contribution is -2.21. The van der Waals surface area contributed by atoms with Crippen molar-refractivity contribution in [2.24, 2.45) is 0 Å². The first-order chi connectivity index (χ1) is 8.45. The molecule has 18 heavy (non-hydrogen) atoms. The summed E-state index contributed by atoms with van der Waals surface area (Å²) in [5.41, 5.74) is -0.842. The summed E-state index contributed by atoms with van der Waals surface area (Å²) in [6, 6.07) is 3.23. The SMILES string of the molecule is CCCCCCCC(C)(O)c1cc(F)cc(F)c1. The average molecular weight is 256 g/mol. The fraction of sp³-hybridized carbons (Fsp3) is 0.600. The van der Waals surface area contributed by atoms with E-state index in [0.717, 1.165) is 25.3 Å². The second-order valence-corrected chi connectivity index (χ2v) is 5.10. The highest BCUT2D eigenvalue weighted by atomic mass is 19.1. The molecule has 0 aliphatic rings. The lowest BCUT2D eigenvalue weighted by molar-refractivity contribution is 0.0442. The predicted octanol–water partition coefficient (Wildman–Crippen LogP) is 4.53. The Labute approximate surface area is 108 Å². The molecule has 0 saturated heterocycles. The van der Waals surface area contributed by atoms with Gasteiger partial charge in [0.1, 0.15) is 11.6 Å². The van der Waals surface area contributed by atoms with Crippen LogP contribution in [-0.2, 0) is 5.60 Å². The third kappa shape index (κ3) is 4.73. The standard InChI is InChI=1S/C15H22F2O/c1-3-4-5-6-7-8-15(2,18)12-9-13(16)11-14(17)10-12/h9-11,18H,3-8H2,1-2H3. The maximum Gasteiger partial charge on any atom is 0.126 e. The molecule has 1 aromatic carbocycles. The molecule has 0 bridgehead atoms. The van der Waals surface area contributed by atoms with Crippen molar-refractivity contribution < 1.29 is 13.9 Å². The molecule has 0 amide bonds. The minimum absolute atomic E-state index is 0.315. The van der Waals surface area contributed by atoms with Crippen LogP contribution in [0.4, 0.5) is 8.78 Å². The molecule has 0 spiro atoms. The molecule has 1 unspecified atom stereocenters. The van der Waals surface area contributed by atoms with Gasteiger partial charge in [-0.25, -0.2) is 8.78 Å². The second kappa shape index (κ2) is 6.83. The number of unbranched alkanes of at least 4 members (excludes halogenated alkanes) is 4. The Morgan fingerprint density at radius 2 is 1.56 bits per heavy atom. The molecule has 102 valence electrons. The van der Waals surface area contributed by atoms with Crippen molar-refractivity contribution in [1.82, 2.24) is 0 Å². The molecule has 1 N–H and O–H groups in total. The molecule has 0 aromatic heterocycles. The van der Waals surface area contributed by atoms with E-state index < -0.39 is 17.2 Å². The lowest BCUT2D eigenvalue weighted by Gasteiger charge is -2.24. The highest BCUT2D eigenvalue weighted by molar-refractivity contribution is 5.23. The molecule has 0 fully saturated rings. The van der Waals surface area contributed by atoms with Crippen LogP contribution in [0.25, 0.3) is 0 Å². The Balaban J connectivity index is 2.56. The Hall–Kier alpha value is -0.960. The summed E-state index contributed by atoms with van der Waals surface area (Å²) >= 11 is 0. The van der Waals surface area contributed by atoms with E-state index in [-0.39, 0.29) is 0 Å². The Morgan fingerprint density at radius 1 is 1.00 bits per heavy atom. The van der Waals surface area contributed by atoms with Gasteiger partial charge >= 0.3 is 0 Å². The van der Waals surface area contributed by atoms with Crippen molar-refractivity contribution in [3.63, 3.8) is 0 Å². The van der Waals surface area contributed by atoms with Crippen LogP contribution in [0.2, 0.25) is 0 Å². The number of aliphatic hydroxyl groups is 1. The van der Waals surface area contributed by atoms with Crippen molar-refractivity contribution >= 4 is 0 Å². The first kappa shape index (κ1) is 15.1. The third-order valence-corrected chi connectivity index (χ3v) is 3.25. The van der Waals surface area contributed by atoms with Gasteiger partial charge in [-0.05, 0) is 31.0 Å². The van der Waals surface area contributed by atoms with E-state index in [1.54, 1.807) is 6.92 Å². The van der Waals surface area contributed by atoms with Gasteiger partial charge in [0.15, 0.2) is 0 Å². The molecular weight excluding hydrogens is 234 g/mol. The zero-order chi connectivity index (χ0) is 13.6. The van der Waals surface area contributed by atoms with E-state index in [4.69, 9.17) is 0 Å². The monoisotopic (exact) mass is 256 g/mol. The zero-order valence-electron chi connectivity index (χ0n) is 11.2. The van der Waals surface area contributed by atoms with E-state index >= 15 is 0 Å². The maximum absolute atomic E-state index is 13.1. The molecule has 0 saturated carbocycles. The van der Waals surface area contributed by atoms with Gasteiger partial charge in [-0.3, -0.25) is 0 Å². The number of halogens is 2. The molecule has 0 aliphatic carbocycles. The molecule has 3 heteroatoms. The second-order valence-electron chi connectivity index (χ2n) is 5.10. The van der Waals surface area contributed by atoms with E-state index in [2.05, 4.69) is 6.92 Å². The smallest absolute Gasteiger partial charge is 0.126 e. The quantitative estimate of drug-likeness (QED) is 0.710. The molecule has 0 radical (unpaired) electrons. The van der Waals surface area contributed by atoms with Crippen LogP contribution in [-0.4, -0.2) is 5.11 Å². The number of hydrogen-bond acceptors (Lipinski definition) is 1. The van der Waals surface area contributed by atoms with Crippen LogP contribution in [0.3, 0.4) is 0 Å². The van der Waals surface area contributed by atoms with Crippen LogP contribution < -0.4 is 0 Å².